The lowest BCUT2D eigenvalue weighted by molar-refractivity contribution is -0.123. The van der Waals surface area contributed by atoms with Gasteiger partial charge in [0.05, 0.1) is 0 Å². The van der Waals surface area contributed by atoms with Crippen LogP contribution in [-0.2, 0) is 4.79 Å². The van der Waals surface area contributed by atoms with Crippen LogP contribution in [0, 0.1) is 23.7 Å². The Labute approximate surface area is 111 Å². The first-order valence-electron chi connectivity index (χ1n) is 7.75. The van der Waals surface area contributed by atoms with Crippen LogP contribution in [0.25, 0.3) is 0 Å². The summed E-state index contributed by atoms with van der Waals surface area (Å²) in [5, 5.41) is 3.18. The Morgan fingerprint density at radius 3 is 2.50 bits per heavy atom. The zero-order valence-electron chi connectivity index (χ0n) is 11.7. The second-order valence-corrected chi connectivity index (χ2v) is 6.12. The third kappa shape index (κ3) is 3.25. The minimum atomic E-state index is 0.324. The number of rotatable bonds is 7. The Kier molecular flexibility index (Phi) is 5.04. The van der Waals surface area contributed by atoms with Crippen molar-refractivity contribution in [2.24, 2.45) is 29.4 Å². The first kappa shape index (κ1) is 13.9. The molecule has 0 spiro atoms. The highest BCUT2D eigenvalue weighted by molar-refractivity contribution is 5.82. The maximum absolute atomic E-state index is 12.1. The number of carbonyl (C=O) groups is 1. The Hall–Kier alpha value is -0.570. The zero-order valence-corrected chi connectivity index (χ0v) is 11.7. The molecule has 2 aliphatic rings. The number of carbonyl (C=O) groups excluding carboxylic acids is 1. The van der Waals surface area contributed by atoms with E-state index < -0.39 is 0 Å². The molecule has 0 aromatic carbocycles. The van der Waals surface area contributed by atoms with E-state index in [1.165, 1.54) is 38.5 Å². The smallest absolute Gasteiger partial charge is 0.223 e. The predicted molar refractivity (Wildman–Crippen MR) is 74.0 cm³/mol. The van der Waals surface area contributed by atoms with E-state index in [9.17, 15) is 4.79 Å². The second-order valence-electron chi connectivity index (χ2n) is 6.12. The van der Waals surface area contributed by atoms with E-state index in [0.29, 0.717) is 17.7 Å². The monoisotopic (exact) mass is 252 g/mol. The van der Waals surface area contributed by atoms with Gasteiger partial charge in [-0.3, -0.25) is 4.79 Å². The summed E-state index contributed by atoms with van der Waals surface area (Å²) in [6.07, 6.45) is 8.61. The van der Waals surface area contributed by atoms with Gasteiger partial charge in [0, 0.05) is 12.5 Å². The summed E-state index contributed by atoms with van der Waals surface area (Å²) >= 11 is 0. The fourth-order valence-electron chi connectivity index (χ4n) is 3.74. The van der Waals surface area contributed by atoms with E-state index in [0.717, 1.165) is 31.3 Å². The number of amides is 1. The van der Waals surface area contributed by atoms with Crippen LogP contribution in [-0.4, -0.2) is 19.0 Å². The number of hydrogen-bond donors (Lipinski definition) is 2. The molecular weight excluding hydrogens is 224 g/mol. The van der Waals surface area contributed by atoms with Crippen molar-refractivity contribution in [2.45, 2.75) is 51.9 Å². The van der Waals surface area contributed by atoms with E-state index >= 15 is 0 Å². The normalized spacial score (nSPS) is 31.6. The zero-order chi connectivity index (χ0) is 13.0. The molecule has 0 radical (unpaired) electrons. The maximum Gasteiger partial charge on any atom is 0.223 e. The number of fused-ring (bicyclic) bond motifs is 1. The largest absolute Gasteiger partial charge is 0.356 e. The van der Waals surface area contributed by atoms with Crippen LogP contribution >= 0.6 is 0 Å². The molecule has 2 rings (SSSR count). The Morgan fingerprint density at radius 2 is 1.94 bits per heavy atom. The topological polar surface area (TPSA) is 55.1 Å². The third-order valence-electron chi connectivity index (χ3n) is 4.80. The second kappa shape index (κ2) is 6.55. The quantitative estimate of drug-likeness (QED) is 0.730. The number of nitrogens with two attached hydrogens (primary N) is 1. The molecule has 2 fully saturated rings. The SMILES string of the molecule is CCCC(CCN)CNC(=O)C1C2CCCCC21. The van der Waals surface area contributed by atoms with Gasteiger partial charge in [0.2, 0.25) is 5.91 Å². The van der Waals surface area contributed by atoms with E-state index in [1.807, 2.05) is 0 Å². The van der Waals surface area contributed by atoms with Gasteiger partial charge in [-0.2, -0.15) is 0 Å². The van der Waals surface area contributed by atoms with Crippen LogP contribution in [0.1, 0.15) is 51.9 Å². The molecule has 0 bridgehead atoms. The minimum absolute atomic E-state index is 0.324. The molecule has 0 aromatic heterocycles. The van der Waals surface area contributed by atoms with Crippen molar-refractivity contribution in [3.8, 4) is 0 Å². The van der Waals surface area contributed by atoms with Gasteiger partial charge in [0.1, 0.15) is 0 Å². The van der Waals surface area contributed by atoms with Crippen LogP contribution in [0.4, 0.5) is 0 Å². The van der Waals surface area contributed by atoms with Crippen LogP contribution in [0.5, 0.6) is 0 Å². The fraction of sp³-hybridized carbons (Fsp3) is 0.933. The van der Waals surface area contributed by atoms with Crippen molar-refractivity contribution in [3.05, 3.63) is 0 Å². The molecule has 3 atom stereocenters. The van der Waals surface area contributed by atoms with Gasteiger partial charge in [-0.1, -0.05) is 26.2 Å². The Balaban J connectivity index is 1.71. The molecular formula is C15H28N2O. The van der Waals surface area contributed by atoms with Gasteiger partial charge in [0.25, 0.3) is 0 Å². The van der Waals surface area contributed by atoms with Crippen molar-refractivity contribution in [3.63, 3.8) is 0 Å². The molecule has 1 amide bonds. The van der Waals surface area contributed by atoms with Crippen LogP contribution in [0.2, 0.25) is 0 Å². The summed E-state index contributed by atoms with van der Waals surface area (Å²) in [6, 6.07) is 0. The van der Waals surface area contributed by atoms with Crippen LogP contribution in [0.15, 0.2) is 0 Å². The van der Waals surface area contributed by atoms with E-state index in [1.54, 1.807) is 0 Å². The van der Waals surface area contributed by atoms with Gasteiger partial charge in [0.15, 0.2) is 0 Å². The summed E-state index contributed by atoms with van der Waals surface area (Å²) in [6.45, 7) is 3.76. The number of hydrogen-bond acceptors (Lipinski definition) is 2. The van der Waals surface area contributed by atoms with Crippen molar-refractivity contribution >= 4 is 5.91 Å². The van der Waals surface area contributed by atoms with E-state index in [2.05, 4.69) is 12.2 Å². The van der Waals surface area contributed by atoms with Crippen molar-refractivity contribution in [2.75, 3.05) is 13.1 Å². The average Bonchev–Trinajstić information content (AvgIpc) is 3.10. The molecule has 3 N–H and O–H groups in total. The summed E-state index contributed by atoms with van der Waals surface area (Å²) < 4.78 is 0. The predicted octanol–water partition coefficient (Wildman–Crippen LogP) is 2.30. The Morgan fingerprint density at radius 1 is 1.28 bits per heavy atom. The molecule has 3 unspecified atom stereocenters. The van der Waals surface area contributed by atoms with Gasteiger partial charge in [-0.15, -0.1) is 0 Å². The molecule has 18 heavy (non-hydrogen) atoms. The summed E-state index contributed by atoms with van der Waals surface area (Å²) in [5.41, 5.74) is 5.62. The lowest BCUT2D eigenvalue weighted by Gasteiger charge is -2.15. The molecule has 2 saturated carbocycles. The maximum atomic E-state index is 12.1. The van der Waals surface area contributed by atoms with Crippen molar-refractivity contribution < 1.29 is 4.79 Å². The lowest BCUT2D eigenvalue weighted by atomic mass is 10.00. The highest BCUT2D eigenvalue weighted by Gasteiger charge is 2.54. The minimum Gasteiger partial charge on any atom is -0.356 e. The fourth-order valence-corrected chi connectivity index (χ4v) is 3.74. The molecule has 0 saturated heterocycles. The molecule has 0 heterocycles. The summed E-state index contributed by atoms with van der Waals surface area (Å²) in [7, 11) is 0. The molecule has 0 aliphatic heterocycles. The molecule has 3 heteroatoms. The van der Waals surface area contributed by atoms with Crippen molar-refractivity contribution in [1.82, 2.24) is 5.32 Å². The summed E-state index contributed by atoms with van der Waals surface area (Å²) in [5.74, 6) is 2.69. The van der Waals surface area contributed by atoms with Gasteiger partial charge < -0.3 is 11.1 Å². The molecule has 2 aliphatic carbocycles. The van der Waals surface area contributed by atoms with Gasteiger partial charge in [-0.25, -0.2) is 0 Å². The molecule has 3 nitrogen and oxygen atoms in total. The van der Waals surface area contributed by atoms with Gasteiger partial charge in [-0.05, 0) is 50.0 Å². The van der Waals surface area contributed by atoms with Gasteiger partial charge >= 0.3 is 0 Å². The molecule has 104 valence electrons. The van der Waals surface area contributed by atoms with E-state index in [4.69, 9.17) is 5.73 Å². The van der Waals surface area contributed by atoms with E-state index in [-0.39, 0.29) is 0 Å². The lowest BCUT2D eigenvalue weighted by Crippen LogP contribution is -2.32. The average molecular weight is 252 g/mol. The summed E-state index contributed by atoms with van der Waals surface area (Å²) in [4.78, 5) is 12.1. The highest BCUT2D eigenvalue weighted by atomic mass is 16.2. The van der Waals surface area contributed by atoms with Crippen molar-refractivity contribution in [1.29, 1.82) is 0 Å². The van der Waals surface area contributed by atoms with Crippen LogP contribution < -0.4 is 11.1 Å². The Bertz CT molecular complexity index is 262. The first-order chi connectivity index (χ1) is 8.77. The van der Waals surface area contributed by atoms with Crippen LogP contribution in [0.3, 0.4) is 0 Å². The standard InChI is InChI=1S/C15H28N2O/c1-2-5-11(8-9-16)10-17-15(18)14-12-6-3-4-7-13(12)14/h11-14H,2-10,16H2,1H3,(H,17,18). The highest BCUT2D eigenvalue weighted by Crippen LogP contribution is 2.55. The number of nitrogens with one attached hydrogen (secondary N) is 1. The molecule has 0 aromatic rings. The third-order valence-corrected chi connectivity index (χ3v) is 4.80. The first-order valence-corrected chi connectivity index (χ1v) is 7.75.